The van der Waals surface area contributed by atoms with Gasteiger partial charge in [0.2, 0.25) is 0 Å². The molecular weight excluding hydrogens is 255 g/mol. The molecule has 0 aliphatic carbocycles. The summed E-state index contributed by atoms with van der Waals surface area (Å²) >= 11 is 0. The van der Waals surface area contributed by atoms with Crippen molar-refractivity contribution >= 4 is 26.2 Å². The van der Waals surface area contributed by atoms with Gasteiger partial charge in [-0.05, 0) is 12.5 Å². The monoisotopic (exact) mass is 273 g/mol. The van der Waals surface area contributed by atoms with Gasteiger partial charge in [0.05, 0.1) is 0 Å². The van der Waals surface area contributed by atoms with Gasteiger partial charge >= 0.3 is 0 Å². The molecule has 0 aromatic rings. The Hall–Kier alpha value is -1.01. The smallest absolute Gasteiger partial charge is 0 e. The van der Waals surface area contributed by atoms with E-state index in [1.54, 1.807) is 7.05 Å². The van der Waals surface area contributed by atoms with Crippen molar-refractivity contribution in [3.8, 4) is 0 Å². The number of amidine groups is 1. The van der Waals surface area contributed by atoms with Crippen LogP contribution in [0.15, 0.2) is 4.99 Å². The largest absolute Gasteiger partial charge is 0.545 e. The number of rotatable bonds is 0. The van der Waals surface area contributed by atoms with E-state index in [9.17, 15) is 0 Å². The van der Waals surface area contributed by atoms with Crippen molar-refractivity contribution in [2.24, 2.45) is 4.99 Å². The maximum atomic E-state index is 7.75. The summed E-state index contributed by atoms with van der Waals surface area (Å²) in [6, 6.07) is 0. The zero-order valence-electron chi connectivity index (χ0n) is 10.2. The molecule has 0 aromatic heterocycles. The molecule has 0 spiro atoms. The first-order valence-electron chi connectivity index (χ1n) is 3.83. The minimum absolute atomic E-state index is 0. The molecule has 0 unspecified atom stereocenters. The van der Waals surface area contributed by atoms with Gasteiger partial charge < -0.3 is 24.7 Å². The molecule has 0 N–H and O–H groups in total. The van der Waals surface area contributed by atoms with Crippen LogP contribution in [0.5, 0.6) is 0 Å². The molecule has 16 heavy (non-hydrogen) atoms. The molecule has 5 nitrogen and oxygen atoms in total. The van der Waals surface area contributed by atoms with Crippen molar-refractivity contribution < 1.29 is 31.2 Å². The molecule has 0 fully saturated rings. The van der Waals surface area contributed by atoms with Crippen LogP contribution in [0, 0.1) is 0 Å². The molecule has 0 aliphatic heterocycles. The predicted octanol–water partition coefficient (Wildman–Crippen LogP) is 1.38. The van der Waals surface area contributed by atoms with Gasteiger partial charge in [0, 0.05) is 16.8 Å². The number of carbonyl (C=O) groups excluding carboxylic acids is 3. The van der Waals surface area contributed by atoms with Crippen molar-refractivity contribution in [1.29, 1.82) is 0 Å². The summed E-state index contributed by atoms with van der Waals surface area (Å²) in [5, 5.41) is 4.28. The van der Waals surface area contributed by atoms with Gasteiger partial charge in [0.25, 0.3) is 0 Å². The van der Waals surface area contributed by atoms with E-state index in [1.807, 2.05) is 6.92 Å². The summed E-state index contributed by atoms with van der Waals surface area (Å²) in [6.45, 7) is 17.8. The van der Waals surface area contributed by atoms with Crippen LogP contribution in [0.4, 0.5) is 0 Å². The van der Waals surface area contributed by atoms with Crippen molar-refractivity contribution in [3.63, 3.8) is 0 Å². The van der Waals surface area contributed by atoms with Crippen LogP contribution in [0.3, 0.4) is 0 Å². The Morgan fingerprint density at radius 3 is 1.31 bits per heavy atom. The minimum atomic E-state index is 0. The molecule has 0 aromatic carbocycles. The summed E-state index contributed by atoms with van der Waals surface area (Å²) in [6.07, 6.45) is 0. The molecule has 6 heteroatoms. The quantitative estimate of drug-likeness (QED) is 0.289. The summed E-state index contributed by atoms with van der Waals surface area (Å²) in [5.74, 6) is 0.863. The van der Waals surface area contributed by atoms with Crippen LogP contribution >= 0.6 is 0 Å². The summed E-state index contributed by atoms with van der Waals surface area (Å²) in [4.78, 5) is 27.2. The Morgan fingerprint density at radius 1 is 1.00 bits per heavy atom. The third kappa shape index (κ3) is 52.1. The normalized spacial score (nSPS) is 8.44. The standard InChI is InChI=1S/C7H15N2.3CHO.Co/c1-6(8-5)9-7(2,3)4;3*1-2;/h1-5H3;3*1H;/q4*-1;. The summed E-state index contributed by atoms with van der Waals surface area (Å²) < 4.78 is 0. The number of nitrogens with zero attached hydrogens (tertiary/aromatic N) is 2. The third-order valence-electron chi connectivity index (χ3n) is 0.821. The molecule has 0 saturated carbocycles. The van der Waals surface area contributed by atoms with Crippen LogP contribution in [-0.4, -0.2) is 38.8 Å². The first kappa shape index (κ1) is 29.4. The molecular formula is C10H18CoN2O3-4. The van der Waals surface area contributed by atoms with E-state index in [4.69, 9.17) is 14.4 Å². The second kappa shape index (κ2) is 23.7. The molecule has 0 atom stereocenters. The molecule has 0 saturated heterocycles. The Balaban J connectivity index is -0.0000000498. The zero-order chi connectivity index (χ0) is 13.5. The fourth-order valence-electron chi connectivity index (χ4n) is 0.535. The van der Waals surface area contributed by atoms with E-state index in [2.05, 4.69) is 51.4 Å². The minimum Gasteiger partial charge on any atom is -0.545 e. The Bertz CT molecular complexity index is 154. The fraction of sp³-hybridized carbons (Fsp3) is 0.600. The molecule has 0 bridgehead atoms. The maximum absolute atomic E-state index is 7.75. The molecule has 0 aliphatic rings. The topological polar surface area (TPSA) is 77.7 Å². The van der Waals surface area contributed by atoms with E-state index in [-0.39, 0.29) is 22.3 Å². The second-order valence-electron chi connectivity index (χ2n) is 3.05. The average Bonchev–Trinajstić information content (AvgIpc) is 2.24. The maximum Gasteiger partial charge on any atom is 0 e. The SMILES string of the molecule is CN=C(C)[N-]C(C)(C)C.[CH-]=O.[CH-]=O.[CH-]=O.[Co]. The van der Waals surface area contributed by atoms with Crippen LogP contribution in [0.2, 0.25) is 0 Å². The second-order valence-corrected chi connectivity index (χ2v) is 3.05. The summed E-state index contributed by atoms with van der Waals surface area (Å²) in [7, 11) is 1.75. The van der Waals surface area contributed by atoms with Crippen molar-refractivity contribution in [2.45, 2.75) is 33.2 Å². The number of hydrogen-bond donors (Lipinski definition) is 0. The first-order valence-corrected chi connectivity index (χ1v) is 3.83. The van der Waals surface area contributed by atoms with E-state index in [0.29, 0.717) is 0 Å². The van der Waals surface area contributed by atoms with Crippen LogP contribution in [-0.2, 0) is 31.2 Å². The van der Waals surface area contributed by atoms with Crippen molar-refractivity contribution in [3.05, 3.63) is 5.32 Å². The predicted molar refractivity (Wildman–Crippen MR) is 62.4 cm³/mol. The zero-order valence-corrected chi connectivity index (χ0v) is 11.2. The van der Waals surface area contributed by atoms with Crippen molar-refractivity contribution in [2.75, 3.05) is 7.05 Å². The number of hydrogen-bond acceptors (Lipinski definition) is 4. The van der Waals surface area contributed by atoms with E-state index in [0.717, 1.165) is 5.84 Å². The van der Waals surface area contributed by atoms with Gasteiger partial charge in [-0.3, -0.25) is 20.4 Å². The van der Waals surface area contributed by atoms with Gasteiger partial charge in [-0.15, -0.1) is 0 Å². The summed E-state index contributed by atoms with van der Waals surface area (Å²) in [5.41, 5.74) is 0.0175. The van der Waals surface area contributed by atoms with E-state index < -0.39 is 0 Å². The van der Waals surface area contributed by atoms with Crippen molar-refractivity contribution in [1.82, 2.24) is 0 Å². The Morgan fingerprint density at radius 2 is 1.25 bits per heavy atom. The first-order chi connectivity index (χ1) is 6.95. The van der Waals surface area contributed by atoms with Crippen LogP contribution < -0.4 is 0 Å². The van der Waals surface area contributed by atoms with Gasteiger partial charge in [0.15, 0.2) is 0 Å². The van der Waals surface area contributed by atoms with Gasteiger partial charge in [-0.25, -0.2) is 0 Å². The molecule has 0 rings (SSSR count). The Kier molecular flexibility index (Phi) is 43.5. The Labute approximate surface area is 108 Å². The third-order valence-corrected chi connectivity index (χ3v) is 0.821. The fourth-order valence-corrected chi connectivity index (χ4v) is 0.535. The van der Waals surface area contributed by atoms with Crippen LogP contribution in [0.25, 0.3) is 5.32 Å². The number of aliphatic imine (C=N–C) groups is 1. The molecule has 1 radical (unpaired) electrons. The van der Waals surface area contributed by atoms with Gasteiger partial charge in [0.1, 0.15) is 0 Å². The molecule has 99 valence electrons. The van der Waals surface area contributed by atoms with Gasteiger partial charge in [-0.2, -0.15) is 0 Å². The van der Waals surface area contributed by atoms with Gasteiger partial charge in [-0.1, -0.05) is 33.7 Å². The molecule has 0 amide bonds. The molecule has 0 heterocycles. The average molecular weight is 273 g/mol. The van der Waals surface area contributed by atoms with Crippen LogP contribution in [0.1, 0.15) is 27.7 Å². The van der Waals surface area contributed by atoms with E-state index >= 15 is 0 Å². The van der Waals surface area contributed by atoms with E-state index in [1.165, 1.54) is 0 Å².